The van der Waals surface area contributed by atoms with E-state index < -0.39 is 35.4 Å². The number of carbonyl (C=O) groups excluding carboxylic acids is 2. The Balaban J connectivity index is 1.18. The highest BCUT2D eigenvalue weighted by molar-refractivity contribution is 6.03. The van der Waals surface area contributed by atoms with E-state index in [2.05, 4.69) is 20.6 Å². The van der Waals surface area contributed by atoms with E-state index in [1.165, 1.54) is 30.5 Å². The molecule has 1 aliphatic rings. The summed E-state index contributed by atoms with van der Waals surface area (Å²) in [6.07, 6.45) is -3.06. The number of anilines is 3. The number of hydrogen-bond donors (Lipinski definition) is 2. The van der Waals surface area contributed by atoms with Crippen LogP contribution < -0.4 is 15.5 Å². The number of rotatable bonds is 7. The molecule has 0 atom stereocenters. The molecule has 3 amide bonds. The van der Waals surface area contributed by atoms with Gasteiger partial charge < -0.3 is 24.9 Å². The zero-order valence-electron chi connectivity index (χ0n) is 22.2. The number of nitrogens with one attached hydrogen (secondary N) is 2. The van der Waals surface area contributed by atoms with Gasteiger partial charge in [0.25, 0.3) is 5.91 Å². The summed E-state index contributed by atoms with van der Waals surface area (Å²) in [5.74, 6) is -2.17. The van der Waals surface area contributed by atoms with Crippen molar-refractivity contribution in [3.05, 3.63) is 102 Å². The van der Waals surface area contributed by atoms with Crippen LogP contribution in [0.3, 0.4) is 0 Å². The molecule has 9 nitrogen and oxygen atoms in total. The van der Waals surface area contributed by atoms with E-state index in [9.17, 15) is 27.2 Å². The Kier molecular flexibility index (Phi) is 8.36. The summed E-state index contributed by atoms with van der Waals surface area (Å²) in [5, 5.41) is 4.95. The van der Waals surface area contributed by atoms with Crippen LogP contribution in [0.15, 0.2) is 77.3 Å². The van der Waals surface area contributed by atoms with E-state index >= 15 is 0 Å². The van der Waals surface area contributed by atoms with Crippen molar-refractivity contribution in [1.82, 2.24) is 14.9 Å². The van der Waals surface area contributed by atoms with Crippen molar-refractivity contribution in [1.29, 1.82) is 0 Å². The molecule has 0 spiro atoms. The number of hydrogen-bond acceptors (Lipinski definition) is 6. The summed E-state index contributed by atoms with van der Waals surface area (Å²) >= 11 is 0. The lowest BCUT2D eigenvalue weighted by Gasteiger charge is -2.35. The number of aryl methyl sites for hydroxylation is 2. The van der Waals surface area contributed by atoms with E-state index in [0.29, 0.717) is 38.4 Å². The van der Waals surface area contributed by atoms with Crippen molar-refractivity contribution >= 4 is 29.1 Å². The van der Waals surface area contributed by atoms with Gasteiger partial charge in [-0.2, -0.15) is 13.2 Å². The number of piperazine rings is 1. The number of urea groups is 1. The van der Waals surface area contributed by atoms with Crippen LogP contribution in [0, 0.1) is 5.82 Å². The van der Waals surface area contributed by atoms with E-state index in [1.807, 2.05) is 35.2 Å². The number of aromatic nitrogens is 2. The molecule has 4 aromatic rings. The van der Waals surface area contributed by atoms with Gasteiger partial charge in [0, 0.05) is 32.6 Å². The average molecular weight is 583 g/mol. The molecule has 5 rings (SSSR count). The summed E-state index contributed by atoms with van der Waals surface area (Å²) in [6, 6.07) is 17.7. The van der Waals surface area contributed by atoms with Crippen LogP contribution in [0.5, 0.6) is 0 Å². The highest BCUT2D eigenvalue weighted by Gasteiger charge is 2.41. The minimum atomic E-state index is -4.88. The van der Waals surface area contributed by atoms with Gasteiger partial charge >= 0.3 is 12.2 Å². The van der Waals surface area contributed by atoms with Crippen molar-refractivity contribution in [2.45, 2.75) is 19.0 Å². The lowest BCUT2D eigenvalue weighted by atomic mass is 10.1. The normalized spacial score (nSPS) is 13.6. The standard InChI is InChI=1S/C29H26F4N6O3/c30-21-8-4-5-9-22(21)36-28(41)39-16-14-38(15-17-39)23-12-11-20(18-34-23)35-27(40)25-26(29(31,32)33)37-24(42-25)13-10-19-6-2-1-3-7-19/h1-9,11-12,18H,10,13-17H2,(H,35,40)(H,36,41). The molecule has 42 heavy (non-hydrogen) atoms. The third-order valence-corrected chi connectivity index (χ3v) is 6.63. The summed E-state index contributed by atoms with van der Waals surface area (Å²) < 4.78 is 60.0. The van der Waals surface area contributed by atoms with Crippen LogP contribution in [-0.2, 0) is 19.0 Å². The Morgan fingerprint density at radius 1 is 0.881 bits per heavy atom. The number of nitrogens with zero attached hydrogens (tertiary/aromatic N) is 4. The number of alkyl halides is 3. The topological polar surface area (TPSA) is 104 Å². The van der Waals surface area contributed by atoms with Gasteiger partial charge in [0.2, 0.25) is 5.76 Å². The molecular formula is C29H26F4N6O3. The number of pyridine rings is 1. The van der Waals surface area contributed by atoms with Crippen molar-refractivity contribution in [2.24, 2.45) is 0 Å². The van der Waals surface area contributed by atoms with Crippen LogP contribution in [0.25, 0.3) is 0 Å². The van der Waals surface area contributed by atoms with Gasteiger partial charge in [-0.15, -0.1) is 0 Å². The molecule has 3 heterocycles. The fourth-order valence-corrected chi connectivity index (χ4v) is 4.44. The quantitative estimate of drug-likeness (QED) is 0.274. The molecule has 0 saturated carbocycles. The first kappa shape index (κ1) is 28.6. The van der Waals surface area contributed by atoms with Crippen molar-refractivity contribution in [3.63, 3.8) is 0 Å². The first-order valence-corrected chi connectivity index (χ1v) is 13.1. The monoisotopic (exact) mass is 582 g/mol. The number of carbonyl (C=O) groups is 2. The minimum absolute atomic E-state index is 0.0920. The van der Waals surface area contributed by atoms with Gasteiger partial charge in [-0.1, -0.05) is 42.5 Å². The van der Waals surface area contributed by atoms with Crippen LogP contribution in [0.4, 0.5) is 39.5 Å². The minimum Gasteiger partial charge on any atom is -0.435 e. The lowest BCUT2D eigenvalue weighted by molar-refractivity contribution is -0.141. The van der Waals surface area contributed by atoms with Gasteiger partial charge in [-0.05, 0) is 36.2 Å². The maximum atomic E-state index is 13.8. The number of benzene rings is 2. The molecule has 0 unspecified atom stereocenters. The Hall–Kier alpha value is -4.94. The second kappa shape index (κ2) is 12.3. The van der Waals surface area contributed by atoms with Crippen LogP contribution >= 0.6 is 0 Å². The first-order valence-electron chi connectivity index (χ1n) is 13.1. The van der Waals surface area contributed by atoms with E-state index in [-0.39, 0.29) is 23.7 Å². The maximum absolute atomic E-state index is 13.8. The smallest absolute Gasteiger partial charge is 0.435 e. The number of amides is 3. The van der Waals surface area contributed by atoms with Gasteiger partial charge in [-0.3, -0.25) is 4.79 Å². The molecule has 1 fully saturated rings. The number of para-hydroxylation sites is 1. The molecule has 2 aromatic heterocycles. The van der Waals surface area contributed by atoms with Crippen molar-refractivity contribution < 1.29 is 31.6 Å². The first-order chi connectivity index (χ1) is 20.2. The molecule has 0 aliphatic carbocycles. The van der Waals surface area contributed by atoms with Gasteiger partial charge in [-0.25, -0.2) is 19.2 Å². The van der Waals surface area contributed by atoms with E-state index in [4.69, 9.17) is 4.42 Å². The molecule has 0 radical (unpaired) electrons. The zero-order chi connectivity index (χ0) is 29.7. The van der Waals surface area contributed by atoms with E-state index in [0.717, 1.165) is 5.56 Å². The molecule has 2 aromatic carbocycles. The Morgan fingerprint density at radius 2 is 1.60 bits per heavy atom. The Labute approximate surface area is 238 Å². The fraction of sp³-hybridized carbons (Fsp3) is 0.241. The lowest BCUT2D eigenvalue weighted by Crippen LogP contribution is -2.50. The summed E-state index contributed by atoms with van der Waals surface area (Å²) in [4.78, 5) is 36.6. The van der Waals surface area contributed by atoms with Gasteiger partial charge in [0.05, 0.1) is 17.6 Å². The van der Waals surface area contributed by atoms with E-state index in [1.54, 1.807) is 17.0 Å². The number of halogens is 4. The molecule has 0 bridgehead atoms. The van der Waals surface area contributed by atoms with Crippen molar-refractivity contribution in [2.75, 3.05) is 41.7 Å². The maximum Gasteiger partial charge on any atom is 0.437 e. The SMILES string of the molecule is O=C(Nc1ccc(N2CCN(C(=O)Nc3ccccc3F)CC2)nc1)c1oc(CCc2ccccc2)nc1C(F)(F)F. The Bertz CT molecular complexity index is 1540. The third-order valence-electron chi connectivity index (χ3n) is 6.63. The zero-order valence-corrected chi connectivity index (χ0v) is 22.2. The summed E-state index contributed by atoms with van der Waals surface area (Å²) in [5.41, 5.74) is -0.222. The van der Waals surface area contributed by atoms with Crippen LogP contribution in [0.2, 0.25) is 0 Å². The fourth-order valence-electron chi connectivity index (χ4n) is 4.44. The Morgan fingerprint density at radius 3 is 2.26 bits per heavy atom. The number of oxazole rings is 1. The summed E-state index contributed by atoms with van der Waals surface area (Å²) in [6.45, 7) is 1.61. The summed E-state index contributed by atoms with van der Waals surface area (Å²) in [7, 11) is 0. The van der Waals surface area contributed by atoms with Gasteiger partial charge in [0.1, 0.15) is 11.6 Å². The molecule has 218 valence electrons. The van der Waals surface area contributed by atoms with Crippen LogP contribution in [0.1, 0.15) is 27.7 Å². The molecular weight excluding hydrogens is 556 g/mol. The second-order valence-electron chi connectivity index (χ2n) is 9.51. The van der Waals surface area contributed by atoms with Gasteiger partial charge in [0.15, 0.2) is 11.6 Å². The highest BCUT2D eigenvalue weighted by atomic mass is 19.4. The molecule has 2 N–H and O–H groups in total. The molecule has 1 saturated heterocycles. The predicted octanol–water partition coefficient (Wildman–Crippen LogP) is 5.62. The largest absolute Gasteiger partial charge is 0.437 e. The highest BCUT2D eigenvalue weighted by Crippen LogP contribution is 2.32. The van der Waals surface area contributed by atoms with Crippen LogP contribution in [-0.4, -0.2) is 53.0 Å². The predicted molar refractivity (Wildman–Crippen MR) is 147 cm³/mol. The van der Waals surface area contributed by atoms with Crippen molar-refractivity contribution in [3.8, 4) is 0 Å². The molecule has 1 aliphatic heterocycles. The average Bonchev–Trinajstić information content (AvgIpc) is 3.44. The third kappa shape index (κ3) is 6.85. The second-order valence-corrected chi connectivity index (χ2v) is 9.51. The molecule has 13 heteroatoms.